The highest BCUT2D eigenvalue weighted by Crippen LogP contribution is 2.12. The molecule has 0 amide bonds. The van der Waals surface area contributed by atoms with Crippen LogP contribution >= 0.6 is 12.2 Å². The third kappa shape index (κ3) is 2.58. The van der Waals surface area contributed by atoms with Gasteiger partial charge >= 0.3 is 0 Å². The molecule has 0 aliphatic carbocycles. The smallest absolute Gasteiger partial charge is 0.258 e. The molecule has 0 atom stereocenters. The van der Waals surface area contributed by atoms with Crippen molar-refractivity contribution in [3.63, 3.8) is 0 Å². The second kappa shape index (κ2) is 5.50. The van der Waals surface area contributed by atoms with Gasteiger partial charge in [0, 0.05) is 17.1 Å². The summed E-state index contributed by atoms with van der Waals surface area (Å²) >= 11 is 5.07. The molecule has 0 bridgehead atoms. The Bertz CT molecular complexity index is 883. The maximum atomic E-state index is 12.5. The zero-order valence-electron chi connectivity index (χ0n) is 11.3. The molecule has 0 saturated heterocycles. The summed E-state index contributed by atoms with van der Waals surface area (Å²) in [5.74, 6) is 0. The molecular formula is C17H14N2OS. The second-order valence-electron chi connectivity index (χ2n) is 4.86. The lowest BCUT2D eigenvalue weighted by Crippen LogP contribution is -2.22. The van der Waals surface area contributed by atoms with Crippen LogP contribution in [0.1, 0.15) is 11.1 Å². The largest absolute Gasteiger partial charge is 0.389 e. The number of fused-ring (bicyclic) bond motifs is 1. The van der Waals surface area contributed by atoms with Crippen molar-refractivity contribution in [1.82, 2.24) is 4.57 Å². The maximum absolute atomic E-state index is 12.5. The van der Waals surface area contributed by atoms with Crippen LogP contribution in [0.4, 0.5) is 0 Å². The number of benzene rings is 2. The van der Waals surface area contributed by atoms with Crippen molar-refractivity contribution in [3.05, 3.63) is 82.3 Å². The number of hydrogen-bond acceptors (Lipinski definition) is 2. The Morgan fingerprint density at radius 2 is 1.76 bits per heavy atom. The van der Waals surface area contributed by atoms with Gasteiger partial charge in [0.15, 0.2) is 0 Å². The van der Waals surface area contributed by atoms with Gasteiger partial charge in [-0.1, -0.05) is 54.7 Å². The third-order valence-electron chi connectivity index (χ3n) is 3.51. The van der Waals surface area contributed by atoms with Crippen molar-refractivity contribution in [3.8, 4) is 0 Å². The van der Waals surface area contributed by atoms with Gasteiger partial charge < -0.3 is 10.3 Å². The predicted octanol–water partition coefficient (Wildman–Crippen LogP) is 2.68. The highest BCUT2D eigenvalue weighted by atomic mass is 32.1. The Hall–Kier alpha value is -2.46. The van der Waals surface area contributed by atoms with Crippen molar-refractivity contribution < 1.29 is 0 Å². The fourth-order valence-corrected chi connectivity index (χ4v) is 2.64. The van der Waals surface area contributed by atoms with Gasteiger partial charge in [-0.05, 0) is 23.1 Å². The van der Waals surface area contributed by atoms with Crippen LogP contribution < -0.4 is 11.3 Å². The summed E-state index contributed by atoms with van der Waals surface area (Å²) in [4.78, 5) is 12.9. The number of hydrogen-bond donors (Lipinski definition) is 1. The van der Waals surface area contributed by atoms with Crippen LogP contribution in [-0.2, 0) is 6.54 Å². The summed E-state index contributed by atoms with van der Waals surface area (Å²) in [5.41, 5.74) is 7.49. The predicted molar refractivity (Wildman–Crippen MR) is 89.6 cm³/mol. The Balaban J connectivity index is 2.09. The highest BCUT2D eigenvalue weighted by molar-refractivity contribution is 7.80. The van der Waals surface area contributed by atoms with Gasteiger partial charge in [-0.3, -0.25) is 4.79 Å². The number of nitrogens with zero attached hydrogens (tertiary/aromatic N) is 1. The quantitative estimate of drug-likeness (QED) is 0.756. The first kappa shape index (κ1) is 13.5. The zero-order chi connectivity index (χ0) is 14.8. The lowest BCUT2D eigenvalue weighted by atomic mass is 10.1. The highest BCUT2D eigenvalue weighted by Gasteiger charge is 2.07. The van der Waals surface area contributed by atoms with Crippen LogP contribution in [0.15, 0.2) is 65.6 Å². The van der Waals surface area contributed by atoms with Crippen molar-refractivity contribution in [1.29, 1.82) is 0 Å². The number of thiocarbonyl (C=S) groups is 1. The van der Waals surface area contributed by atoms with Crippen LogP contribution in [0, 0.1) is 0 Å². The molecule has 0 fully saturated rings. The van der Waals surface area contributed by atoms with E-state index in [0.717, 1.165) is 16.5 Å². The van der Waals surface area contributed by atoms with Crippen LogP contribution in [0.3, 0.4) is 0 Å². The SMILES string of the molecule is NC(=S)c1ccccc1Cn1ccc2ccccc2c1=O. The molecule has 4 heteroatoms. The Kier molecular flexibility index (Phi) is 3.54. The molecule has 104 valence electrons. The minimum atomic E-state index is -0.00848. The fourth-order valence-electron chi connectivity index (χ4n) is 2.44. The van der Waals surface area contributed by atoms with Crippen LogP contribution in [0.25, 0.3) is 10.8 Å². The monoisotopic (exact) mass is 294 g/mol. The summed E-state index contributed by atoms with van der Waals surface area (Å²) in [5, 5.41) is 1.66. The van der Waals surface area contributed by atoms with E-state index in [-0.39, 0.29) is 5.56 Å². The number of rotatable bonds is 3. The molecule has 0 aliphatic heterocycles. The van der Waals surface area contributed by atoms with Crippen molar-refractivity contribution in [2.45, 2.75) is 6.54 Å². The first-order valence-corrected chi connectivity index (χ1v) is 7.03. The van der Waals surface area contributed by atoms with E-state index >= 15 is 0 Å². The number of pyridine rings is 1. The molecule has 3 nitrogen and oxygen atoms in total. The molecule has 3 aromatic rings. The van der Waals surface area contributed by atoms with E-state index in [2.05, 4.69) is 0 Å². The van der Waals surface area contributed by atoms with E-state index in [9.17, 15) is 4.79 Å². The average Bonchev–Trinajstić information content (AvgIpc) is 2.51. The Morgan fingerprint density at radius 1 is 1.05 bits per heavy atom. The summed E-state index contributed by atoms with van der Waals surface area (Å²) in [6, 6.07) is 17.1. The molecule has 0 aliphatic rings. The lowest BCUT2D eigenvalue weighted by molar-refractivity contribution is 0.767. The number of nitrogens with two attached hydrogens (primary N) is 1. The van der Waals surface area contributed by atoms with E-state index in [1.54, 1.807) is 10.8 Å². The van der Waals surface area contributed by atoms with Crippen molar-refractivity contribution >= 4 is 28.0 Å². The molecule has 2 N–H and O–H groups in total. The molecular weight excluding hydrogens is 280 g/mol. The summed E-state index contributed by atoms with van der Waals surface area (Å²) < 4.78 is 1.68. The minimum Gasteiger partial charge on any atom is -0.389 e. The normalized spacial score (nSPS) is 10.7. The molecule has 1 heterocycles. The molecule has 1 aromatic heterocycles. The fraction of sp³-hybridized carbons (Fsp3) is 0.0588. The van der Waals surface area contributed by atoms with Crippen molar-refractivity contribution in [2.75, 3.05) is 0 Å². The minimum absolute atomic E-state index is 0.00848. The molecule has 3 rings (SSSR count). The number of aromatic nitrogens is 1. The Morgan fingerprint density at radius 3 is 2.57 bits per heavy atom. The van der Waals surface area contributed by atoms with Gasteiger partial charge in [0.1, 0.15) is 4.99 Å². The van der Waals surface area contributed by atoms with E-state index in [1.165, 1.54) is 0 Å². The van der Waals surface area contributed by atoms with Crippen molar-refractivity contribution in [2.24, 2.45) is 5.73 Å². The van der Waals surface area contributed by atoms with Crippen LogP contribution in [0.5, 0.6) is 0 Å². The van der Waals surface area contributed by atoms with E-state index in [4.69, 9.17) is 18.0 Å². The van der Waals surface area contributed by atoms with Gasteiger partial charge in [-0.25, -0.2) is 0 Å². The second-order valence-corrected chi connectivity index (χ2v) is 5.30. The van der Waals surface area contributed by atoms with Gasteiger partial charge in [0.2, 0.25) is 0 Å². The van der Waals surface area contributed by atoms with Gasteiger partial charge in [-0.15, -0.1) is 0 Å². The first-order chi connectivity index (χ1) is 10.2. The first-order valence-electron chi connectivity index (χ1n) is 6.63. The molecule has 21 heavy (non-hydrogen) atoms. The topological polar surface area (TPSA) is 48.0 Å². The van der Waals surface area contributed by atoms with Crippen LogP contribution in [-0.4, -0.2) is 9.56 Å². The van der Waals surface area contributed by atoms with E-state index in [0.29, 0.717) is 16.9 Å². The van der Waals surface area contributed by atoms with Gasteiger partial charge in [-0.2, -0.15) is 0 Å². The zero-order valence-corrected chi connectivity index (χ0v) is 12.1. The molecule has 0 radical (unpaired) electrons. The van der Waals surface area contributed by atoms with Gasteiger partial charge in [0.25, 0.3) is 5.56 Å². The summed E-state index contributed by atoms with van der Waals surface area (Å²) in [6.07, 6.45) is 1.81. The standard InChI is InChI=1S/C17H14N2OS/c18-16(21)14-7-3-2-6-13(14)11-19-10-9-12-5-1-4-8-15(12)17(19)20/h1-10H,11H2,(H2,18,21). The molecule has 2 aromatic carbocycles. The lowest BCUT2D eigenvalue weighted by Gasteiger charge is -2.11. The van der Waals surface area contributed by atoms with E-state index in [1.807, 2.05) is 54.6 Å². The Labute approximate surface area is 127 Å². The molecule has 0 unspecified atom stereocenters. The maximum Gasteiger partial charge on any atom is 0.258 e. The average molecular weight is 294 g/mol. The molecule has 0 spiro atoms. The van der Waals surface area contributed by atoms with Crippen LogP contribution in [0.2, 0.25) is 0 Å². The van der Waals surface area contributed by atoms with E-state index < -0.39 is 0 Å². The molecule has 0 saturated carbocycles. The summed E-state index contributed by atoms with van der Waals surface area (Å²) in [7, 11) is 0. The summed E-state index contributed by atoms with van der Waals surface area (Å²) in [6.45, 7) is 0.456. The van der Waals surface area contributed by atoms with Gasteiger partial charge in [0.05, 0.1) is 6.54 Å². The third-order valence-corrected chi connectivity index (χ3v) is 3.73.